The van der Waals surface area contributed by atoms with E-state index in [1.54, 1.807) is 6.26 Å². The minimum Gasteiger partial charge on any atom is -0.464 e. The predicted molar refractivity (Wildman–Crippen MR) is 70.2 cm³/mol. The monoisotopic (exact) mass is 283 g/mol. The summed E-state index contributed by atoms with van der Waals surface area (Å²) in [5, 5.41) is 3.54. The standard InChI is InChI=1S/C13H18BrNO/c1-9(2)10(8-15-11-3-4-11)7-13-12(14)5-6-16-13/h5-7,9,11,15H,3-4,8H2,1-2H3/b10-7+. The molecule has 0 saturated heterocycles. The molecule has 3 heteroatoms. The first-order chi connectivity index (χ1) is 7.66. The van der Waals surface area contributed by atoms with Crippen LogP contribution in [0.25, 0.3) is 6.08 Å². The Labute approximate surface area is 105 Å². The first-order valence-corrected chi connectivity index (χ1v) is 6.63. The number of nitrogens with one attached hydrogen (secondary N) is 1. The fourth-order valence-corrected chi connectivity index (χ4v) is 1.86. The summed E-state index contributed by atoms with van der Waals surface area (Å²) in [7, 11) is 0. The summed E-state index contributed by atoms with van der Waals surface area (Å²) in [5.74, 6) is 1.46. The lowest BCUT2D eigenvalue weighted by atomic mass is 10.0. The quantitative estimate of drug-likeness (QED) is 0.888. The van der Waals surface area contributed by atoms with Crippen LogP contribution < -0.4 is 5.32 Å². The second-order valence-electron chi connectivity index (χ2n) is 4.66. The van der Waals surface area contributed by atoms with Gasteiger partial charge in [0, 0.05) is 12.6 Å². The fraction of sp³-hybridized carbons (Fsp3) is 0.538. The van der Waals surface area contributed by atoms with E-state index in [0.717, 1.165) is 22.8 Å². The zero-order valence-electron chi connectivity index (χ0n) is 9.79. The van der Waals surface area contributed by atoms with Gasteiger partial charge in [-0.2, -0.15) is 0 Å². The average Bonchev–Trinajstić information content (AvgIpc) is 2.97. The summed E-state index contributed by atoms with van der Waals surface area (Å²) < 4.78 is 6.44. The second kappa shape index (κ2) is 5.19. The van der Waals surface area contributed by atoms with Crippen molar-refractivity contribution in [3.05, 3.63) is 28.1 Å². The number of hydrogen-bond acceptors (Lipinski definition) is 2. The Morgan fingerprint density at radius 2 is 2.38 bits per heavy atom. The lowest BCUT2D eigenvalue weighted by Crippen LogP contribution is -2.21. The van der Waals surface area contributed by atoms with Gasteiger partial charge in [0.1, 0.15) is 5.76 Å². The van der Waals surface area contributed by atoms with Crippen LogP contribution in [0.15, 0.2) is 26.8 Å². The lowest BCUT2D eigenvalue weighted by molar-refractivity contribution is 0.552. The normalized spacial score (nSPS) is 17.1. The van der Waals surface area contributed by atoms with Crippen LogP contribution in [0.5, 0.6) is 0 Å². The summed E-state index contributed by atoms with van der Waals surface area (Å²) in [6.45, 7) is 5.41. The summed E-state index contributed by atoms with van der Waals surface area (Å²) >= 11 is 3.48. The maximum absolute atomic E-state index is 5.42. The van der Waals surface area contributed by atoms with Gasteiger partial charge in [-0.05, 0) is 46.8 Å². The highest BCUT2D eigenvalue weighted by Crippen LogP contribution is 2.24. The van der Waals surface area contributed by atoms with Gasteiger partial charge in [0.05, 0.1) is 10.7 Å². The summed E-state index contributed by atoms with van der Waals surface area (Å²) in [6, 6.07) is 2.68. The van der Waals surface area contributed by atoms with Gasteiger partial charge in [-0.1, -0.05) is 19.4 Å². The number of rotatable bonds is 5. The molecule has 0 aromatic carbocycles. The van der Waals surface area contributed by atoms with Gasteiger partial charge in [-0.25, -0.2) is 0 Å². The van der Waals surface area contributed by atoms with Gasteiger partial charge < -0.3 is 9.73 Å². The molecule has 1 fully saturated rings. The maximum Gasteiger partial charge on any atom is 0.140 e. The number of hydrogen-bond donors (Lipinski definition) is 1. The molecular weight excluding hydrogens is 266 g/mol. The van der Waals surface area contributed by atoms with Crippen molar-refractivity contribution in [2.45, 2.75) is 32.7 Å². The van der Waals surface area contributed by atoms with Crippen molar-refractivity contribution in [3.8, 4) is 0 Å². The van der Waals surface area contributed by atoms with Crippen molar-refractivity contribution in [1.82, 2.24) is 5.32 Å². The molecule has 1 aliphatic carbocycles. The third-order valence-corrected chi connectivity index (χ3v) is 3.53. The molecule has 1 aliphatic rings. The molecule has 0 aliphatic heterocycles. The van der Waals surface area contributed by atoms with Gasteiger partial charge in [-0.3, -0.25) is 0 Å². The minimum absolute atomic E-state index is 0.545. The van der Waals surface area contributed by atoms with Gasteiger partial charge >= 0.3 is 0 Å². The van der Waals surface area contributed by atoms with Crippen molar-refractivity contribution in [3.63, 3.8) is 0 Å². The van der Waals surface area contributed by atoms with Crippen molar-refractivity contribution >= 4 is 22.0 Å². The molecule has 1 aromatic heterocycles. The largest absolute Gasteiger partial charge is 0.464 e. The Morgan fingerprint density at radius 3 is 2.88 bits per heavy atom. The topological polar surface area (TPSA) is 25.2 Å². The summed E-state index contributed by atoms with van der Waals surface area (Å²) in [5.41, 5.74) is 1.39. The molecule has 0 amide bonds. The highest BCUT2D eigenvalue weighted by molar-refractivity contribution is 9.10. The van der Waals surface area contributed by atoms with Crippen LogP contribution >= 0.6 is 15.9 Å². The van der Waals surface area contributed by atoms with Crippen molar-refractivity contribution in [2.24, 2.45) is 5.92 Å². The van der Waals surface area contributed by atoms with E-state index in [1.807, 2.05) is 6.07 Å². The van der Waals surface area contributed by atoms with E-state index in [2.05, 4.69) is 41.2 Å². The van der Waals surface area contributed by atoms with Crippen LogP contribution in [0.3, 0.4) is 0 Å². The molecule has 1 N–H and O–H groups in total. The lowest BCUT2D eigenvalue weighted by Gasteiger charge is -2.11. The first kappa shape index (κ1) is 11.9. The van der Waals surface area contributed by atoms with Crippen molar-refractivity contribution in [1.29, 1.82) is 0 Å². The molecule has 88 valence electrons. The highest BCUT2D eigenvalue weighted by atomic mass is 79.9. The molecule has 0 unspecified atom stereocenters. The Bertz CT molecular complexity index is 377. The van der Waals surface area contributed by atoms with E-state index in [-0.39, 0.29) is 0 Å². The number of halogens is 1. The number of furan rings is 1. The molecule has 16 heavy (non-hydrogen) atoms. The molecular formula is C13H18BrNO. The molecule has 0 radical (unpaired) electrons. The summed E-state index contributed by atoms with van der Waals surface area (Å²) in [6.07, 6.45) is 6.51. The van der Waals surface area contributed by atoms with Crippen LogP contribution in [0.2, 0.25) is 0 Å². The van der Waals surface area contributed by atoms with Crippen molar-refractivity contribution < 1.29 is 4.42 Å². The predicted octanol–water partition coefficient (Wildman–Crippen LogP) is 3.83. The van der Waals surface area contributed by atoms with Gasteiger partial charge in [0.15, 0.2) is 0 Å². The molecule has 2 nitrogen and oxygen atoms in total. The summed E-state index contributed by atoms with van der Waals surface area (Å²) in [4.78, 5) is 0. The third kappa shape index (κ3) is 3.22. The first-order valence-electron chi connectivity index (χ1n) is 5.83. The van der Waals surface area contributed by atoms with Crippen molar-refractivity contribution in [2.75, 3.05) is 6.54 Å². The third-order valence-electron chi connectivity index (χ3n) is 2.88. The van der Waals surface area contributed by atoms with Gasteiger partial charge in [-0.15, -0.1) is 0 Å². The average molecular weight is 284 g/mol. The smallest absolute Gasteiger partial charge is 0.140 e. The zero-order chi connectivity index (χ0) is 11.5. The second-order valence-corrected chi connectivity index (χ2v) is 5.52. The van der Waals surface area contributed by atoms with E-state index in [4.69, 9.17) is 4.42 Å². The Kier molecular flexibility index (Phi) is 3.87. The fourth-order valence-electron chi connectivity index (χ4n) is 1.55. The van der Waals surface area contributed by atoms with Gasteiger partial charge in [0.2, 0.25) is 0 Å². The van der Waals surface area contributed by atoms with Crippen LogP contribution in [-0.2, 0) is 0 Å². The minimum atomic E-state index is 0.545. The molecule has 1 aromatic rings. The molecule has 1 saturated carbocycles. The van der Waals surface area contributed by atoms with E-state index in [9.17, 15) is 0 Å². The van der Waals surface area contributed by atoms with Crippen LogP contribution in [0.1, 0.15) is 32.4 Å². The Morgan fingerprint density at radius 1 is 1.62 bits per heavy atom. The molecule has 0 atom stereocenters. The molecule has 0 spiro atoms. The molecule has 1 heterocycles. The van der Waals surface area contributed by atoms with Gasteiger partial charge in [0.25, 0.3) is 0 Å². The van der Waals surface area contributed by atoms with E-state index in [1.165, 1.54) is 18.4 Å². The zero-order valence-corrected chi connectivity index (χ0v) is 11.4. The van der Waals surface area contributed by atoms with E-state index < -0.39 is 0 Å². The molecule has 0 bridgehead atoms. The molecule has 2 rings (SSSR count). The SMILES string of the molecule is CC(C)/C(=C/c1occc1Br)CNC1CC1. The highest BCUT2D eigenvalue weighted by Gasteiger charge is 2.20. The maximum atomic E-state index is 5.42. The van der Waals surface area contributed by atoms with E-state index in [0.29, 0.717) is 5.92 Å². The van der Waals surface area contributed by atoms with E-state index >= 15 is 0 Å². The van der Waals surface area contributed by atoms with Crippen LogP contribution in [-0.4, -0.2) is 12.6 Å². The Hall–Kier alpha value is -0.540. The van der Waals surface area contributed by atoms with Crippen LogP contribution in [0, 0.1) is 5.92 Å². The Balaban J connectivity index is 2.04. The van der Waals surface area contributed by atoms with Crippen LogP contribution in [0.4, 0.5) is 0 Å².